The van der Waals surface area contributed by atoms with Gasteiger partial charge in [0.15, 0.2) is 5.82 Å². The molecule has 4 aromatic rings. The first kappa shape index (κ1) is 17.5. The van der Waals surface area contributed by atoms with Gasteiger partial charge >= 0.3 is 0 Å². The lowest BCUT2D eigenvalue weighted by molar-refractivity contribution is 0.332. The van der Waals surface area contributed by atoms with Gasteiger partial charge in [0, 0.05) is 30.8 Å². The van der Waals surface area contributed by atoms with Gasteiger partial charge in [0.05, 0.1) is 29.5 Å². The summed E-state index contributed by atoms with van der Waals surface area (Å²) in [6.45, 7) is 6.14. The minimum atomic E-state index is -0.0979. The van der Waals surface area contributed by atoms with Crippen molar-refractivity contribution in [1.82, 2.24) is 29.5 Å². The minimum Gasteiger partial charge on any atom is -0.354 e. The molecule has 3 aromatic heterocycles. The Morgan fingerprint density at radius 1 is 1.00 bits per heavy atom. The highest BCUT2D eigenvalue weighted by atomic mass is 16.1. The number of aromatic nitrogens is 6. The second kappa shape index (κ2) is 6.80. The summed E-state index contributed by atoms with van der Waals surface area (Å²) in [4.78, 5) is 23.7. The number of hydrogen-bond donors (Lipinski definition) is 0. The summed E-state index contributed by atoms with van der Waals surface area (Å²) in [5.74, 6) is 1.87. The summed E-state index contributed by atoms with van der Waals surface area (Å²) >= 11 is 0. The Hall–Kier alpha value is -3.55. The highest BCUT2D eigenvalue weighted by molar-refractivity contribution is 5.75. The Morgan fingerprint density at radius 2 is 1.79 bits per heavy atom. The van der Waals surface area contributed by atoms with Crippen molar-refractivity contribution in [2.24, 2.45) is 5.92 Å². The SMILES string of the molecule is Cc1cc(C)n(-c2ccc(=O)n(CC3CN(c4cnc5ccccc5n4)C3)n2)n1. The lowest BCUT2D eigenvalue weighted by Crippen LogP contribution is -2.50. The van der Waals surface area contributed by atoms with Gasteiger partial charge in [0.25, 0.3) is 5.56 Å². The molecule has 1 aliphatic rings. The third-order valence-corrected chi connectivity index (χ3v) is 5.23. The zero-order valence-corrected chi connectivity index (χ0v) is 16.4. The molecule has 1 aromatic carbocycles. The molecular formula is C21H21N7O. The summed E-state index contributed by atoms with van der Waals surface area (Å²) in [5, 5.41) is 8.99. The van der Waals surface area contributed by atoms with Gasteiger partial charge < -0.3 is 4.90 Å². The van der Waals surface area contributed by atoms with Crippen molar-refractivity contribution in [2.75, 3.05) is 18.0 Å². The molecule has 1 fully saturated rings. The van der Waals surface area contributed by atoms with Crippen molar-refractivity contribution in [3.63, 3.8) is 0 Å². The van der Waals surface area contributed by atoms with E-state index in [4.69, 9.17) is 0 Å². The summed E-state index contributed by atoms with van der Waals surface area (Å²) < 4.78 is 3.31. The molecule has 8 heteroatoms. The molecule has 5 rings (SSSR count). The molecule has 1 saturated heterocycles. The van der Waals surface area contributed by atoms with Gasteiger partial charge in [-0.2, -0.15) is 5.10 Å². The number of anilines is 1. The Bertz CT molecular complexity index is 1250. The van der Waals surface area contributed by atoms with Gasteiger partial charge in [-0.05, 0) is 38.1 Å². The van der Waals surface area contributed by atoms with Crippen LogP contribution in [0, 0.1) is 19.8 Å². The monoisotopic (exact) mass is 387 g/mol. The third kappa shape index (κ3) is 3.26. The van der Waals surface area contributed by atoms with Gasteiger partial charge in [0.1, 0.15) is 5.82 Å². The van der Waals surface area contributed by atoms with Crippen molar-refractivity contribution in [3.05, 3.63) is 70.4 Å². The Labute approximate surface area is 167 Å². The fraction of sp³-hybridized carbons (Fsp3) is 0.286. The van der Waals surface area contributed by atoms with Gasteiger partial charge in [-0.15, -0.1) is 5.10 Å². The molecule has 8 nitrogen and oxygen atoms in total. The van der Waals surface area contributed by atoms with Crippen molar-refractivity contribution < 1.29 is 0 Å². The van der Waals surface area contributed by atoms with Crippen molar-refractivity contribution in [3.8, 4) is 5.82 Å². The van der Waals surface area contributed by atoms with Crippen LogP contribution in [0.1, 0.15) is 11.4 Å². The fourth-order valence-corrected chi connectivity index (χ4v) is 3.76. The maximum atomic E-state index is 12.3. The molecule has 0 radical (unpaired) electrons. The van der Waals surface area contributed by atoms with Crippen molar-refractivity contribution in [2.45, 2.75) is 20.4 Å². The Kier molecular flexibility index (Phi) is 4.12. The quantitative estimate of drug-likeness (QED) is 0.534. The molecular weight excluding hydrogens is 366 g/mol. The molecule has 0 aliphatic carbocycles. The summed E-state index contributed by atoms with van der Waals surface area (Å²) in [6, 6.07) is 13.1. The lowest BCUT2D eigenvalue weighted by Gasteiger charge is -2.40. The average molecular weight is 387 g/mol. The maximum Gasteiger partial charge on any atom is 0.266 e. The first-order chi connectivity index (χ1) is 14.1. The second-order valence-corrected chi connectivity index (χ2v) is 7.54. The van der Waals surface area contributed by atoms with Crippen LogP contribution in [0.3, 0.4) is 0 Å². The maximum absolute atomic E-state index is 12.3. The lowest BCUT2D eigenvalue weighted by atomic mass is 10.0. The molecule has 29 heavy (non-hydrogen) atoms. The largest absolute Gasteiger partial charge is 0.354 e. The predicted octanol–water partition coefficient (Wildman–Crippen LogP) is 2.13. The molecule has 0 unspecified atom stereocenters. The van der Waals surface area contributed by atoms with E-state index in [-0.39, 0.29) is 5.56 Å². The molecule has 0 atom stereocenters. The molecule has 0 bridgehead atoms. The minimum absolute atomic E-state index is 0.0979. The van der Waals surface area contributed by atoms with E-state index in [0.717, 1.165) is 41.3 Å². The predicted molar refractivity (Wildman–Crippen MR) is 110 cm³/mol. The first-order valence-electron chi connectivity index (χ1n) is 9.65. The fourth-order valence-electron chi connectivity index (χ4n) is 3.76. The van der Waals surface area contributed by atoms with Crippen LogP contribution in [0.5, 0.6) is 0 Å². The highest BCUT2D eigenvalue weighted by Gasteiger charge is 2.29. The van der Waals surface area contributed by atoms with E-state index < -0.39 is 0 Å². The number of nitrogens with zero attached hydrogens (tertiary/aromatic N) is 7. The summed E-state index contributed by atoms with van der Waals surface area (Å²) in [7, 11) is 0. The molecule has 0 amide bonds. The van der Waals surface area contributed by atoms with Gasteiger partial charge in [-0.1, -0.05) is 12.1 Å². The average Bonchev–Trinajstić information content (AvgIpc) is 3.03. The van der Waals surface area contributed by atoms with E-state index in [1.54, 1.807) is 21.5 Å². The van der Waals surface area contributed by atoms with E-state index in [0.29, 0.717) is 18.3 Å². The number of para-hydroxylation sites is 2. The van der Waals surface area contributed by atoms with E-state index >= 15 is 0 Å². The molecule has 0 spiro atoms. The van der Waals surface area contributed by atoms with Gasteiger partial charge in [0.2, 0.25) is 0 Å². The standard InChI is InChI=1S/C21H21N7O/c1-14-9-15(2)28(24-14)19-7-8-21(29)27(25-19)13-16-11-26(12-16)20-10-22-17-5-3-4-6-18(17)23-20/h3-10,16H,11-13H2,1-2H3. The Morgan fingerprint density at radius 3 is 2.55 bits per heavy atom. The third-order valence-electron chi connectivity index (χ3n) is 5.23. The zero-order chi connectivity index (χ0) is 20.0. The number of hydrogen-bond acceptors (Lipinski definition) is 6. The smallest absolute Gasteiger partial charge is 0.266 e. The Balaban J connectivity index is 1.31. The van der Waals surface area contributed by atoms with Gasteiger partial charge in [-0.3, -0.25) is 9.78 Å². The second-order valence-electron chi connectivity index (χ2n) is 7.54. The highest BCUT2D eigenvalue weighted by Crippen LogP contribution is 2.24. The van der Waals surface area contributed by atoms with E-state index in [1.165, 1.54) is 0 Å². The van der Waals surface area contributed by atoms with Crippen LogP contribution in [0.25, 0.3) is 16.9 Å². The zero-order valence-electron chi connectivity index (χ0n) is 16.4. The van der Waals surface area contributed by atoms with Gasteiger partial charge in [-0.25, -0.2) is 14.3 Å². The van der Waals surface area contributed by atoms with Crippen molar-refractivity contribution >= 4 is 16.9 Å². The van der Waals surface area contributed by atoms with Crippen LogP contribution < -0.4 is 10.5 Å². The number of rotatable bonds is 4. The van der Waals surface area contributed by atoms with Crippen LogP contribution >= 0.6 is 0 Å². The molecule has 0 N–H and O–H groups in total. The molecule has 146 valence electrons. The van der Waals surface area contributed by atoms with Crippen LogP contribution in [0.15, 0.2) is 53.5 Å². The summed E-state index contributed by atoms with van der Waals surface area (Å²) in [5.41, 5.74) is 3.60. The number of benzene rings is 1. The van der Waals surface area contributed by atoms with Crippen LogP contribution in [-0.4, -0.2) is 42.6 Å². The van der Waals surface area contributed by atoms with Crippen LogP contribution in [0.2, 0.25) is 0 Å². The topological polar surface area (TPSA) is 81.7 Å². The van der Waals surface area contributed by atoms with Crippen molar-refractivity contribution in [1.29, 1.82) is 0 Å². The number of aryl methyl sites for hydroxylation is 2. The van der Waals surface area contributed by atoms with E-state index in [1.807, 2.05) is 50.4 Å². The van der Waals surface area contributed by atoms with Crippen LogP contribution in [-0.2, 0) is 6.54 Å². The molecule has 1 aliphatic heterocycles. The first-order valence-corrected chi connectivity index (χ1v) is 9.65. The molecule has 0 saturated carbocycles. The van der Waals surface area contributed by atoms with E-state index in [9.17, 15) is 4.79 Å². The molecule has 4 heterocycles. The summed E-state index contributed by atoms with van der Waals surface area (Å²) in [6.07, 6.45) is 1.81. The normalized spacial score (nSPS) is 14.3. The van der Waals surface area contributed by atoms with E-state index in [2.05, 4.69) is 25.1 Å². The number of fused-ring (bicyclic) bond motifs is 1. The van der Waals surface area contributed by atoms with Crippen LogP contribution in [0.4, 0.5) is 5.82 Å².